The molecule has 2 rings (SSSR count). The van der Waals surface area contributed by atoms with E-state index in [1.54, 1.807) is 0 Å². The lowest BCUT2D eigenvalue weighted by Gasteiger charge is -2.12. The Morgan fingerprint density at radius 3 is 2.74 bits per heavy atom. The first kappa shape index (κ1) is 13.2. The van der Waals surface area contributed by atoms with E-state index < -0.39 is 40.1 Å². The van der Waals surface area contributed by atoms with Crippen molar-refractivity contribution in [3.8, 4) is 5.75 Å². The highest BCUT2D eigenvalue weighted by Gasteiger charge is 2.33. The van der Waals surface area contributed by atoms with Crippen LogP contribution in [0.1, 0.15) is 18.0 Å². The van der Waals surface area contributed by atoms with E-state index in [4.69, 9.17) is 5.11 Å². The van der Waals surface area contributed by atoms with Crippen molar-refractivity contribution in [3.05, 3.63) is 33.6 Å². The Morgan fingerprint density at radius 1 is 1.53 bits per heavy atom. The van der Waals surface area contributed by atoms with Gasteiger partial charge in [-0.15, -0.1) is 0 Å². The number of nitrogens with one attached hydrogen (secondary N) is 1. The first-order chi connectivity index (χ1) is 8.90. The normalized spacial score (nSPS) is 22.4. The van der Waals surface area contributed by atoms with Crippen LogP contribution in [0.5, 0.6) is 5.75 Å². The van der Waals surface area contributed by atoms with Crippen LogP contribution in [-0.4, -0.2) is 27.7 Å². The van der Waals surface area contributed by atoms with Gasteiger partial charge in [-0.1, -0.05) is 0 Å². The summed E-state index contributed by atoms with van der Waals surface area (Å²) in [5.41, 5.74) is -0.717. The molecule has 19 heavy (non-hydrogen) atoms. The lowest BCUT2D eigenvalue weighted by molar-refractivity contribution is -0.386. The van der Waals surface area contributed by atoms with Crippen LogP contribution in [0, 0.1) is 21.8 Å². The van der Waals surface area contributed by atoms with E-state index in [0.717, 1.165) is 6.07 Å². The van der Waals surface area contributed by atoms with Gasteiger partial charge < -0.3 is 15.5 Å². The Bertz CT molecular complexity index is 548. The standard InChI is InChI=1S/C11H11FN2O5/c12-6-2-7(10(15)9(3-6)14(18)19)8-1-5(4-13-8)11(16)17/h2-3,5,8,13,15H,1,4H2,(H,16,17). The Kier molecular flexibility index (Phi) is 3.34. The van der Waals surface area contributed by atoms with Crippen LogP contribution in [0.2, 0.25) is 0 Å². The molecule has 2 unspecified atom stereocenters. The SMILES string of the molecule is O=C(O)C1CNC(c2cc(F)cc([N+](=O)[O-])c2O)C1. The maximum absolute atomic E-state index is 13.3. The molecular weight excluding hydrogens is 259 g/mol. The maximum Gasteiger partial charge on any atom is 0.313 e. The van der Waals surface area contributed by atoms with Gasteiger partial charge in [0, 0.05) is 18.2 Å². The molecule has 1 aromatic rings. The molecule has 1 aliphatic heterocycles. The summed E-state index contributed by atoms with van der Waals surface area (Å²) >= 11 is 0. The van der Waals surface area contributed by atoms with Gasteiger partial charge in [0.05, 0.1) is 16.9 Å². The number of carboxylic acid groups (broad SMARTS) is 1. The molecule has 0 amide bonds. The number of phenols is 1. The number of carboxylic acids is 1. The quantitative estimate of drug-likeness (QED) is 0.561. The molecular formula is C11H11FN2O5. The van der Waals surface area contributed by atoms with Crippen molar-refractivity contribution < 1.29 is 24.3 Å². The van der Waals surface area contributed by atoms with Gasteiger partial charge in [0.15, 0.2) is 5.75 Å². The molecule has 1 saturated heterocycles. The summed E-state index contributed by atoms with van der Waals surface area (Å²) in [7, 11) is 0. The number of hydrogen-bond donors (Lipinski definition) is 3. The van der Waals surface area contributed by atoms with Gasteiger partial charge in [0.2, 0.25) is 0 Å². The number of hydrogen-bond acceptors (Lipinski definition) is 5. The summed E-state index contributed by atoms with van der Waals surface area (Å²) in [6, 6.07) is 0.989. The van der Waals surface area contributed by atoms with E-state index in [0.29, 0.717) is 6.07 Å². The lowest BCUT2D eigenvalue weighted by atomic mass is 9.98. The number of benzene rings is 1. The molecule has 0 spiro atoms. The van der Waals surface area contributed by atoms with Crippen LogP contribution >= 0.6 is 0 Å². The van der Waals surface area contributed by atoms with Crippen LogP contribution in [-0.2, 0) is 4.79 Å². The maximum atomic E-state index is 13.3. The van der Waals surface area contributed by atoms with Crippen molar-refractivity contribution in [2.24, 2.45) is 5.92 Å². The number of nitro groups is 1. The van der Waals surface area contributed by atoms with Crippen LogP contribution in [0.4, 0.5) is 10.1 Å². The number of aromatic hydroxyl groups is 1. The van der Waals surface area contributed by atoms with Crippen molar-refractivity contribution >= 4 is 11.7 Å². The van der Waals surface area contributed by atoms with Crippen molar-refractivity contribution in [1.82, 2.24) is 5.32 Å². The van der Waals surface area contributed by atoms with E-state index in [1.807, 2.05) is 0 Å². The van der Waals surface area contributed by atoms with Gasteiger partial charge >= 0.3 is 11.7 Å². The molecule has 7 nitrogen and oxygen atoms in total. The molecule has 8 heteroatoms. The summed E-state index contributed by atoms with van der Waals surface area (Å²) in [5, 5.41) is 32.1. The average Bonchev–Trinajstić information content (AvgIpc) is 2.80. The molecule has 0 aromatic heterocycles. The molecule has 3 N–H and O–H groups in total. The first-order valence-electron chi connectivity index (χ1n) is 5.53. The molecule has 2 atom stereocenters. The zero-order chi connectivity index (χ0) is 14.2. The largest absolute Gasteiger partial charge is 0.502 e. The number of nitro benzene ring substituents is 1. The van der Waals surface area contributed by atoms with Crippen molar-refractivity contribution in [2.75, 3.05) is 6.54 Å². The molecule has 102 valence electrons. The van der Waals surface area contributed by atoms with Crippen LogP contribution < -0.4 is 5.32 Å². The fraction of sp³-hybridized carbons (Fsp3) is 0.364. The van der Waals surface area contributed by atoms with Gasteiger partial charge in [-0.3, -0.25) is 14.9 Å². The van der Waals surface area contributed by atoms with E-state index in [1.165, 1.54) is 0 Å². The molecule has 1 fully saturated rings. The number of halogens is 1. The fourth-order valence-electron chi connectivity index (χ4n) is 2.17. The average molecular weight is 270 g/mol. The summed E-state index contributed by atoms with van der Waals surface area (Å²) in [4.78, 5) is 20.6. The lowest BCUT2D eigenvalue weighted by Crippen LogP contribution is -2.17. The summed E-state index contributed by atoms with van der Waals surface area (Å²) in [5.74, 6) is -3.14. The number of carbonyl (C=O) groups is 1. The molecule has 0 aliphatic carbocycles. The number of nitrogens with zero attached hydrogens (tertiary/aromatic N) is 1. The predicted octanol–water partition coefficient (Wildman–Crippen LogP) is 1.17. The van der Waals surface area contributed by atoms with Gasteiger partial charge in [-0.2, -0.15) is 0 Å². The third-order valence-corrected chi connectivity index (χ3v) is 3.14. The smallest absolute Gasteiger partial charge is 0.313 e. The van der Waals surface area contributed by atoms with E-state index in [-0.39, 0.29) is 18.5 Å². The van der Waals surface area contributed by atoms with Crippen LogP contribution in [0.15, 0.2) is 12.1 Å². The number of aliphatic carboxylic acids is 1. The molecule has 1 heterocycles. The third-order valence-electron chi connectivity index (χ3n) is 3.14. The van der Waals surface area contributed by atoms with Gasteiger partial charge in [0.1, 0.15) is 5.82 Å². The second-order valence-corrected chi connectivity index (χ2v) is 4.35. The van der Waals surface area contributed by atoms with Gasteiger partial charge in [-0.25, -0.2) is 4.39 Å². The van der Waals surface area contributed by atoms with Gasteiger partial charge in [0.25, 0.3) is 0 Å². The summed E-state index contributed by atoms with van der Waals surface area (Å²) < 4.78 is 13.3. The number of phenolic OH excluding ortho intramolecular Hbond substituents is 1. The Balaban J connectivity index is 2.36. The first-order valence-corrected chi connectivity index (χ1v) is 5.53. The minimum absolute atomic E-state index is 0.00968. The highest BCUT2D eigenvalue weighted by atomic mass is 19.1. The minimum Gasteiger partial charge on any atom is -0.502 e. The highest BCUT2D eigenvalue weighted by molar-refractivity contribution is 5.71. The fourth-order valence-corrected chi connectivity index (χ4v) is 2.17. The molecule has 1 aromatic carbocycles. The van der Waals surface area contributed by atoms with E-state index >= 15 is 0 Å². The van der Waals surface area contributed by atoms with Crippen molar-refractivity contribution in [2.45, 2.75) is 12.5 Å². The van der Waals surface area contributed by atoms with E-state index in [9.17, 15) is 24.4 Å². The second-order valence-electron chi connectivity index (χ2n) is 4.35. The third kappa shape index (κ3) is 2.48. The Hall–Kier alpha value is -2.22. The van der Waals surface area contributed by atoms with Crippen LogP contribution in [0.25, 0.3) is 0 Å². The topological polar surface area (TPSA) is 113 Å². The Labute approximate surface area is 106 Å². The monoisotopic (exact) mass is 270 g/mol. The second kappa shape index (κ2) is 4.81. The molecule has 0 radical (unpaired) electrons. The predicted molar refractivity (Wildman–Crippen MR) is 61.2 cm³/mol. The molecule has 1 aliphatic rings. The zero-order valence-electron chi connectivity index (χ0n) is 9.67. The summed E-state index contributed by atoms with van der Waals surface area (Å²) in [6.45, 7) is 0.170. The Morgan fingerprint density at radius 2 is 2.21 bits per heavy atom. The van der Waals surface area contributed by atoms with Crippen LogP contribution in [0.3, 0.4) is 0 Å². The van der Waals surface area contributed by atoms with E-state index in [2.05, 4.69) is 5.32 Å². The molecule has 0 bridgehead atoms. The van der Waals surface area contributed by atoms with Crippen molar-refractivity contribution in [1.29, 1.82) is 0 Å². The summed E-state index contributed by atoms with van der Waals surface area (Å²) in [6.07, 6.45) is 0.142. The molecule has 0 saturated carbocycles. The minimum atomic E-state index is -1.000. The van der Waals surface area contributed by atoms with Gasteiger partial charge in [-0.05, 0) is 12.5 Å². The van der Waals surface area contributed by atoms with Crippen molar-refractivity contribution in [3.63, 3.8) is 0 Å². The zero-order valence-corrected chi connectivity index (χ0v) is 9.67. The number of rotatable bonds is 3. The highest BCUT2D eigenvalue weighted by Crippen LogP contribution is 2.38.